The monoisotopic (exact) mass is 426 g/mol. The molecule has 158 valence electrons. The summed E-state index contributed by atoms with van der Waals surface area (Å²) >= 11 is 0. The van der Waals surface area contributed by atoms with Crippen molar-refractivity contribution < 1.29 is 13.2 Å². The zero-order chi connectivity index (χ0) is 21.7. The lowest BCUT2D eigenvalue weighted by Gasteiger charge is -2.30. The highest BCUT2D eigenvalue weighted by Gasteiger charge is 2.31. The van der Waals surface area contributed by atoms with Gasteiger partial charge in [-0.3, -0.25) is 9.10 Å². The summed E-state index contributed by atoms with van der Waals surface area (Å²) in [6.07, 6.45) is 6.68. The number of para-hydroxylation sites is 1. The number of imidazole rings is 1. The standard InChI is InChI=1S/C22H26N4O3S/c1-4-20(26(30(3,28)29)19-11-9-17(2)10-12-19)22(27)24-15-18-7-5-6-8-21(18)25-14-13-23-16-25/h5-14,16,20H,4,15H2,1-3H3,(H,24,27). The van der Waals surface area contributed by atoms with Gasteiger partial charge in [0.15, 0.2) is 0 Å². The third kappa shape index (κ3) is 4.88. The summed E-state index contributed by atoms with van der Waals surface area (Å²) in [5, 5.41) is 2.91. The Hall–Kier alpha value is -3.13. The van der Waals surface area contributed by atoms with Crippen molar-refractivity contribution in [2.24, 2.45) is 0 Å². The molecule has 3 rings (SSSR count). The third-order valence-corrected chi connectivity index (χ3v) is 6.03. The lowest BCUT2D eigenvalue weighted by Crippen LogP contribution is -2.49. The fourth-order valence-electron chi connectivity index (χ4n) is 3.37. The Kier molecular flexibility index (Phi) is 6.56. The van der Waals surface area contributed by atoms with Crippen molar-refractivity contribution >= 4 is 21.6 Å². The van der Waals surface area contributed by atoms with Gasteiger partial charge in [0.25, 0.3) is 0 Å². The van der Waals surface area contributed by atoms with Gasteiger partial charge in [-0.15, -0.1) is 0 Å². The molecular weight excluding hydrogens is 400 g/mol. The molecule has 1 unspecified atom stereocenters. The van der Waals surface area contributed by atoms with Gasteiger partial charge in [0, 0.05) is 18.9 Å². The van der Waals surface area contributed by atoms with Crippen LogP contribution in [0.5, 0.6) is 0 Å². The predicted octanol–water partition coefficient (Wildman–Crippen LogP) is 3.04. The van der Waals surface area contributed by atoms with Crippen molar-refractivity contribution in [3.8, 4) is 5.69 Å². The van der Waals surface area contributed by atoms with E-state index in [2.05, 4.69) is 10.3 Å². The minimum Gasteiger partial charge on any atom is -0.350 e. The van der Waals surface area contributed by atoms with Crippen molar-refractivity contribution in [3.05, 3.63) is 78.4 Å². The van der Waals surface area contributed by atoms with Gasteiger partial charge in [-0.2, -0.15) is 0 Å². The van der Waals surface area contributed by atoms with Gasteiger partial charge in [0.05, 0.1) is 24.0 Å². The van der Waals surface area contributed by atoms with Crippen molar-refractivity contribution in [2.45, 2.75) is 32.9 Å². The number of nitrogens with zero attached hydrogens (tertiary/aromatic N) is 3. The number of aryl methyl sites for hydroxylation is 1. The molecule has 0 aliphatic rings. The number of anilines is 1. The summed E-state index contributed by atoms with van der Waals surface area (Å²) in [6, 6.07) is 13.9. The van der Waals surface area contributed by atoms with Gasteiger partial charge in [-0.05, 0) is 37.1 Å². The maximum atomic E-state index is 13.0. The first-order valence-electron chi connectivity index (χ1n) is 9.71. The second kappa shape index (κ2) is 9.13. The smallest absolute Gasteiger partial charge is 0.244 e. The van der Waals surface area contributed by atoms with Crippen molar-refractivity contribution in [1.82, 2.24) is 14.9 Å². The Morgan fingerprint density at radius 3 is 2.47 bits per heavy atom. The fraction of sp³-hybridized carbons (Fsp3) is 0.273. The lowest BCUT2D eigenvalue weighted by atomic mass is 10.1. The number of carbonyl (C=O) groups excluding carboxylic acids is 1. The highest BCUT2D eigenvalue weighted by atomic mass is 32.2. The molecule has 0 aliphatic carbocycles. The number of sulfonamides is 1. The minimum absolute atomic E-state index is 0.273. The summed E-state index contributed by atoms with van der Waals surface area (Å²) < 4.78 is 28.1. The molecule has 0 radical (unpaired) electrons. The Morgan fingerprint density at radius 2 is 1.87 bits per heavy atom. The number of amides is 1. The lowest BCUT2D eigenvalue weighted by molar-refractivity contribution is -0.122. The van der Waals surface area contributed by atoms with E-state index in [-0.39, 0.29) is 12.5 Å². The molecule has 1 atom stereocenters. The van der Waals surface area contributed by atoms with Crippen LogP contribution in [-0.4, -0.2) is 36.2 Å². The SMILES string of the molecule is CCC(C(=O)NCc1ccccc1-n1ccnc1)N(c1ccc(C)cc1)S(C)(=O)=O. The normalized spacial score (nSPS) is 12.4. The molecule has 0 fully saturated rings. The molecule has 3 aromatic rings. The molecule has 0 bridgehead atoms. The molecule has 30 heavy (non-hydrogen) atoms. The number of hydrogen-bond acceptors (Lipinski definition) is 4. The third-order valence-electron chi connectivity index (χ3n) is 4.85. The quantitative estimate of drug-likeness (QED) is 0.600. The van der Waals surface area contributed by atoms with E-state index in [0.29, 0.717) is 12.1 Å². The van der Waals surface area contributed by atoms with E-state index in [1.54, 1.807) is 31.6 Å². The Balaban J connectivity index is 1.83. The summed E-state index contributed by atoms with van der Waals surface area (Å²) in [7, 11) is -3.65. The van der Waals surface area contributed by atoms with Crippen LogP contribution in [-0.2, 0) is 21.4 Å². The van der Waals surface area contributed by atoms with Crippen LogP contribution in [0.1, 0.15) is 24.5 Å². The van der Waals surface area contributed by atoms with Crippen LogP contribution >= 0.6 is 0 Å². The van der Waals surface area contributed by atoms with Crippen molar-refractivity contribution in [3.63, 3.8) is 0 Å². The molecule has 1 N–H and O–H groups in total. The second-order valence-electron chi connectivity index (χ2n) is 7.13. The molecule has 0 saturated heterocycles. The van der Waals surface area contributed by atoms with E-state index in [9.17, 15) is 13.2 Å². The first kappa shape index (κ1) is 21.6. The maximum Gasteiger partial charge on any atom is 0.244 e. The molecule has 1 heterocycles. The van der Waals surface area contributed by atoms with Gasteiger partial charge in [0.2, 0.25) is 15.9 Å². The van der Waals surface area contributed by atoms with Gasteiger partial charge < -0.3 is 9.88 Å². The highest BCUT2D eigenvalue weighted by Crippen LogP contribution is 2.23. The van der Waals surface area contributed by atoms with Crippen molar-refractivity contribution in [1.29, 1.82) is 0 Å². The zero-order valence-corrected chi connectivity index (χ0v) is 18.1. The summed E-state index contributed by atoms with van der Waals surface area (Å²) in [5.74, 6) is -0.344. The van der Waals surface area contributed by atoms with Crippen LogP contribution in [0.15, 0.2) is 67.3 Å². The van der Waals surface area contributed by atoms with E-state index < -0.39 is 16.1 Å². The van der Waals surface area contributed by atoms with Gasteiger partial charge in [-0.25, -0.2) is 13.4 Å². The van der Waals surface area contributed by atoms with Crippen LogP contribution in [0, 0.1) is 6.92 Å². The molecule has 1 amide bonds. The number of carbonyl (C=O) groups is 1. The average Bonchev–Trinajstić information content (AvgIpc) is 3.25. The van der Waals surface area contributed by atoms with Gasteiger partial charge >= 0.3 is 0 Å². The topological polar surface area (TPSA) is 84.3 Å². The molecule has 0 spiro atoms. The molecular formula is C22H26N4O3S. The van der Waals surface area contributed by atoms with Gasteiger partial charge in [0.1, 0.15) is 6.04 Å². The first-order chi connectivity index (χ1) is 14.3. The molecule has 0 aliphatic heterocycles. The maximum absolute atomic E-state index is 13.0. The number of nitrogens with one attached hydrogen (secondary N) is 1. The van der Waals surface area contributed by atoms with Gasteiger partial charge in [-0.1, -0.05) is 42.8 Å². The van der Waals surface area contributed by atoms with Crippen LogP contribution in [0.2, 0.25) is 0 Å². The number of benzene rings is 2. The fourth-order valence-corrected chi connectivity index (χ4v) is 4.58. The molecule has 8 heteroatoms. The Bertz CT molecular complexity index is 1090. The summed E-state index contributed by atoms with van der Waals surface area (Å²) in [4.78, 5) is 17.1. The van der Waals surface area contributed by atoms with Crippen LogP contribution in [0.4, 0.5) is 5.69 Å². The number of hydrogen-bond donors (Lipinski definition) is 1. The largest absolute Gasteiger partial charge is 0.350 e. The van der Waals surface area contributed by atoms with E-state index in [4.69, 9.17) is 0 Å². The minimum atomic E-state index is -3.65. The van der Waals surface area contributed by atoms with Crippen LogP contribution in [0.25, 0.3) is 5.69 Å². The molecule has 2 aromatic carbocycles. The molecule has 7 nitrogen and oxygen atoms in total. The van der Waals surface area contributed by atoms with E-state index in [0.717, 1.165) is 23.1 Å². The molecule has 0 saturated carbocycles. The Labute approximate surface area is 177 Å². The highest BCUT2D eigenvalue weighted by molar-refractivity contribution is 7.92. The average molecular weight is 427 g/mol. The number of rotatable bonds is 8. The van der Waals surface area contributed by atoms with Crippen molar-refractivity contribution in [2.75, 3.05) is 10.6 Å². The van der Waals surface area contributed by atoms with Crippen LogP contribution < -0.4 is 9.62 Å². The summed E-state index contributed by atoms with van der Waals surface area (Å²) in [5.41, 5.74) is 3.30. The second-order valence-corrected chi connectivity index (χ2v) is 8.99. The predicted molar refractivity (Wildman–Crippen MR) is 118 cm³/mol. The van der Waals surface area contributed by atoms with E-state index >= 15 is 0 Å². The van der Waals surface area contributed by atoms with E-state index in [1.807, 2.05) is 54.1 Å². The first-order valence-corrected chi connectivity index (χ1v) is 11.6. The molecule has 1 aromatic heterocycles. The Morgan fingerprint density at radius 1 is 1.17 bits per heavy atom. The van der Waals surface area contributed by atoms with E-state index in [1.165, 1.54) is 4.31 Å². The number of aromatic nitrogens is 2. The zero-order valence-electron chi connectivity index (χ0n) is 17.3. The van der Waals surface area contributed by atoms with Crippen LogP contribution in [0.3, 0.4) is 0 Å². The summed E-state index contributed by atoms with van der Waals surface area (Å²) in [6.45, 7) is 4.00.